The van der Waals surface area contributed by atoms with Gasteiger partial charge in [0.25, 0.3) is 0 Å². The van der Waals surface area contributed by atoms with Crippen molar-refractivity contribution in [2.24, 2.45) is 0 Å². The normalized spacial score (nSPS) is 11.3. The first-order chi connectivity index (χ1) is 12.7. The maximum atomic E-state index is 13.1. The number of carbonyl (C=O) groups excluding carboxylic acids is 1. The smallest absolute Gasteiger partial charge is 0.417 e. The maximum absolute atomic E-state index is 13.1. The van der Waals surface area contributed by atoms with Crippen LogP contribution in [0.3, 0.4) is 0 Å². The van der Waals surface area contributed by atoms with Gasteiger partial charge in [0.1, 0.15) is 6.54 Å². The zero-order valence-electron chi connectivity index (χ0n) is 14.6. The van der Waals surface area contributed by atoms with E-state index in [4.69, 9.17) is 5.11 Å². The molecule has 2 aromatic carbocycles. The van der Waals surface area contributed by atoms with E-state index in [-0.39, 0.29) is 24.6 Å². The van der Waals surface area contributed by atoms with E-state index < -0.39 is 17.7 Å². The molecule has 0 bridgehead atoms. The van der Waals surface area contributed by atoms with Gasteiger partial charge in [0, 0.05) is 13.6 Å². The Bertz CT molecular complexity index is 805. The van der Waals surface area contributed by atoms with Crippen molar-refractivity contribution < 1.29 is 27.9 Å². The lowest BCUT2D eigenvalue weighted by atomic mass is 9.98. The number of carboxylic acids is 1. The summed E-state index contributed by atoms with van der Waals surface area (Å²) in [5.74, 6) is -1.46. The molecule has 0 heterocycles. The van der Waals surface area contributed by atoms with Crippen LogP contribution in [0.5, 0.6) is 0 Å². The number of likely N-dealkylation sites (N-methyl/N-ethyl adjacent to an activating group) is 1. The molecule has 0 aromatic heterocycles. The van der Waals surface area contributed by atoms with Crippen LogP contribution in [0.15, 0.2) is 48.5 Å². The number of hydrogen-bond donors (Lipinski definition) is 2. The summed E-state index contributed by atoms with van der Waals surface area (Å²) in [6.07, 6.45) is -4.43. The maximum Gasteiger partial charge on any atom is 0.417 e. The fourth-order valence-corrected chi connectivity index (χ4v) is 2.52. The van der Waals surface area contributed by atoms with Crippen LogP contribution >= 0.6 is 0 Å². The predicted molar refractivity (Wildman–Crippen MR) is 93.9 cm³/mol. The minimum Gasteiger partial charge on any atom is -0.480 e. The third-order valence-corrected chi connectivity index (χ3v) is 3.90. The Labute approximate surface area is 154 Å². The molecule has 5 nitrogen and oxygen atoms in total. The highest BCUT2D eigenvalue weighted by molar-refractivity contribution is 5.82. The monoisotopic (exact) mass is 380 g/mol. The average Bonchev–Trinajstić information content (AvgIpc) is 2.61. The van der Waals surface area contributed by atoms with Gasteiger partial charge in [-0.1, -0.05) is 42.5 Å². The number of aliphatic carboxylic acids is 1. The molecule has 2 N–H and O–H groups in total. The molecule has 0 atom stereocenters. The first-order valence-corrected chi connectivity index (χ1v) is 8.10. The minimum absolute atomic E-state index is 0.0392. The number of alkyl halides is 3. The van der Waals surface area contributed by atoms with Gasteiger partial charge in [-0.15, -0.1) is 0 Å². The Balaban J connectivity index is 1.99. The predicted octanol–water partition coefficient (Wildman–Crippen LogP) is 3.01. The van der Waals surface area contributed by atoms with Crippen LogP contribution in [0, 0.1) is 0 Å². The standard InChI is InChI=1S/C19H19F3N2O3/c1-24(12-18(26)27)17(25)11-23-10-13-6-8-14(9-7-13)15-4-2-3-5-16(15)19(20,21)22/h2-9,23H,10-12H2,1H3,(H,26,27). The molecular formula is C19H19F3N2O3. The first kappa shape index (κ1) is 20.4. The summed E-state index contributed by atoms with van der Waals surface area (Å²) in [6, 6.07) is 11.9. The number of halogens is 3. The lowest BCUT2D eigenvalue weighted by Crippen LogP contribution is -2.38. The Morgan fingerprint density at radius 3 is 2.30 bits per heavy atom. The van der Waals surface area contributed by atoms with Crippen LogP contribution in [0.4, 0.5) is 13.2 Å². The van der Waals surface area contributed by atoms with Crippen LogP contribution < -0.4 is 5.32 Å². The zero-order chi connectivity index (χ0) is 20.0. The topological polar surface area (TPSA) is 69.6 Å². The summed E-state index contributed by atoms with van der Waals surface area (Å²) in [5.41, 5.74) is 0.652. The van der Waals surface area contributed by atoms with E-state index in [2.05, 4.69) is 5.32 Å². The number of carbonyl (C=O) groups is 2. The van der Waals surface area contributed by atoms with Crippen molar-refractivity contribution in [3.05, 3.63) is 59.7 Å². The summed E-state index contributed by atoms with van der Waals surface area (Å²) in [4.78, 5) is 23.4. The van der Waals surface area contributed by atoms with Crippen LogP contribution in [-0.2, 0) is 22.3 Å². The van der Waals surface area contributed by atoms with E-state index in [9.17, 15) is 22.8 Å². The summed E-state index contributed by atoms with van der Waals surface area (Å²) < 4.78 is 39.4. The largest absolute Gasteiger partial charge is 0.480 e. The highest BCUT2D eigenvalue weighted by Gasteiger charge is 2.33. The van der Waals surface area contributed by atoms with Crippen LogP contribution in [0.2, 0.25) is 0 Å². The van der Waals surface area contributed by atoms with Crippen molar-refractivity contribution in [3.8, 4) is 11.1 Å². The number of nitrogens with zero attached hydrogens (tertiary/aromatic N) is 1. The van der Waals surface area contributed by atoms with Gasteiger partial charge in [-0.05, 0) is 22.8 Å². The Morgan fingerprint density at radius 1 is 1.07 bits per heavy atom. The average molecular weight is 380 g/mol. The summed E-state index contributed by atoms with van der Waals surface area (Å²) >= 11 is 0. The first-order valence-electron chi connectivity index (χ1n) is 8.10. The van der Waals surface area contributed by atoms with E-state index in [0.29, 0.717) is 12.1 Å². The van der Waals surface area contributed by atoms with Crippen LogP contribution in [0.1, 0.15) is 11.1 Å². The molecule has 0 unspecified atom stereocenters. The number of nitrogens with one attached hydrogen (secondary N) is 1. The number of hydrogen-bond acceptors (Lipinski definition) is 3. The van der Waals surface area contributed by atoms with Gasteiger partial charge in [0.2, 0.25) is 5.91 Å². The summed E-state index contributed by atoms with van der Waals surface area (Å²) in [5, 5.41) is 11.5. The minimum atomic E-state index is -4.43. The van der Waals surface area contributed by atoms with E-state index in [1.54, 1.807) is 30.3 Å². The van der Waals surface area contributed by atoms with Crippen molar-refractivity contribution in [2.75, 3.05) is 20.1 Å². The zero-order valence-corrected chi connectivity index (χ0v) is 14.6. The number of benzene rings is 2. The SMILES string of the molecule is CN(CC(=O)O)C(=O)CNCc1ccc(-c2ccccc2C(F)(F)F)cc1. The van der Waals surface area contributed by atoms with Crippen molar-refractivity contribution >= 4 is 11.9 Å². The van der Waals surface area contributed by atoms with Crippen LogP contribution in [-0.4, -0.2) is 42.0 Å². The molecule has 0 fully saturated rings. The third kappa shape index (κ3) is 5.82. The second kappa shape index (κ2) is 8.68. The van der Waals surface area contributed by atoms with Gasteiger partial charge in [-0.3, -0.25) is 9.59 Å². The molecule has 144 valence electrons. The molecule has 8 heteroatoms. The molecular weight excluding hydrogens is 361 g/mol. The molecule has 2 rings (SSSR count). The quantitative estimate of drug-likeness (QED) is 0.775. The van der Waals surface area contributed by atoms with Gasteiger partial charge in [0.15, 0.2) is 0 Å². The Hall–Kier alpha value is -2.87. The molecule has 1 amide bonds. The fraction of sp³-hybridized carbons (Fsp3) is 0.263. The third-order valence-electron chi connectivity index (χ3n) is 3.90. The van der Waals surface area contributed by atoms with Gasteiger partial charge < -0.3 is 15.3 Å². The lowest BCUT2D eigenvalue weighted by molar-refractivity contribution is -0.143. The van der Waals surface area contributed by atoms with E-state index in [0.717, 1.165) is 16.5 Å². The molecule has 0 aliphatic heterocycles. The second-order valence-electron chi connectivity index (χ2n) is 5.99. The molecule has 0 aliphatic rings. The number of rotatable bonds is 7. The number of carboxylic acid groups (broad SMARTS) is 1. The molecule has 2 aromatic rings. The van der Waals surface area contributed by atoms with Crippen LogP contribution in [0.25, 0.3) is 11.1 Å². The molecule has 0 radical (unpaired) electrons. The summed E-state index contributed by atoms with van der Waals surface area (Å²) in [6.45, 7) is -0.0931. The fourth-order valence-electron chi connectivity index (χ4n) is 2.52. The summed E-state index contributed by atoms with van der Waals surface area (Å²) in [7, 11) is 1.39. The van der Waals surface area contributed by atoms with E-state index >= 15 is 0 Å². The van der Waals surface area contributed by atoms with Gasteiger partial charge >= 0.3 is 12.1 Å². The molecule has 0 spiro atoms. The Morgan fingerprint density at radius 2 is 1.70 bits per heavy atom. The lowest BCUT2D eigenvalue weighted by Gasteiger charge is -2.15. The van der Waals surface area contributed by atoms with Crippen molar-refractivity contribution in [1.82, 2.24) is 10.2 Å². The van der Waals surface area contributed by atoms with E-state index in [1.165, 1.54) is 19.2 Å². The molecule has 0 saturated carbocycles. The molecule has 0 saturated heterocycles. The molecule has 27 heavy (non-hydrogen) atoms. The second-order valence-corrected chi connectivity index (χ2v) is 5.99. The van der Waals surface area contributed by atoms with Gasteiger partial charge in [-0.25, -0.2) is 0 Å². The van der Waals surface area contributed by atoms with Crippen molar-refractivity contribution in [1.29, 1.82) is 0 Å². The van der Waals surface area contributed by atoms with Crippen molar-refractivity contribution in [2.45, 2.75) is 12.7 Å². The Kier molecular flexibility index (Phi) is 6.57. The van der Waals surface area contributed by atoms with Crippen molar-refractivity contribution in [3.63, 3.8) is 0 Å². The highest BCUT2D eigenvalue weighted by atomic mass is 19.4. The molecule has 0 aliphatic carbocycles. The number of amides is 1. The highest BCUT2D eigenvalue weighted by Crippen LogP contribution is 2.36. The van der Waals surface area contributed by atoms with E-state index in [1.807, 2.05) is 0 Å². The van der Waals surface area contributed by atoms with Gasteiger partial charge in [0.05, 0.1) is 12.1 Å². The van der Waals surface area contributed by atoms with Gasteiger partial charge in [-0.2, -0.15) is 13.2 Å².